The molecule has 0 radical (unpaired) electrons. The summed E-state index contributed by atoms with van der Waals surface area (Å²) in [4.78, 5) is 1.97. The third-order valence-corrected chi connectivity index (χ3v) is 13.4. The second kappa shape index (κ2) is 16.7. The predicted molar refractivity (Wildman–Crippen MR) is 274 cm³/mol. The van der Waals surface area contributed by atoms with E-state index in [9.17, 15) is 10.2 Å². The van der Waals surface area contributed by atoms with E-state index in [1.54, 1.807) is 26.0 Å². The lowest BCUT2D eigenvalue weighted by atomic mass is 9.71. The maximum Gasteiger partial charge on any atom is 0.137 e. The van der Waals surface area contributed by atoms with E-state index in [2.05, 4.69) is 203 Å². The first-order valence-electron chi connectivity index (χ1n) is 23.0. The number of phenols is 2. The van der Waals surface area contributed by atoms with Gasteiger partial charge in [-0.1, -0.05) is 190 Å². The van der Waals surface area contributed by atoms with Gasteiger partial charge in [-0.2, -0.15) is 0 Å². The van der Waals surface area contributed by atoms with Gasteiger partial charge in [0.1, 0.15) is 23.0 Å². The van der Waals surface area contributed by atoms with Crippen molar-refractivity contribution in [3.05, 3.63) is 80.9 Å². The molecule has 0 amide bonds. The highest BCUT2D eigenvalue weighted by Crippen LogP contribution is 2.58. The first-order chi connectivity index (χ1) is 28.1. The minimum Gasteiger partial charge on any atom is -0.507 e. The van der Waals surface area contributed by atoms with E-state index >= 15 is 0 Å². The lowest BCUT2D eigenvalue weighted by Crippen LogP contribution is -2.23. The number of hydrogen-bond donors (Lipinski definition) is 2. The lowest BCUT2D eigenvalue weighted by molar-refractivity contribution is 0.384. The van der Waals surface area contributed by atoms with Crippen LogP contribution in [0.4, 0.5) is 0 Å². The Labute approximate surface area is 389 Å². The minimum absolute atomic E-state index is 0.149. The van der Waals surface area contributed by atoms with Gasteiger partial charge in [0.2, 0.25) is 0 Å². The Morgan fingerprint density at radius 1 is 0.349 bits per heavy atom. The van der Waals surface area contributed by atoms with Gasteiger partial charge in [-0.25, -0.2) is 0 Å². The van der Waals surface area contributed by atoms with E-state index in [4.69, 9.17) is 9.47 Å². The van der Waals surface area contributed by atoms with E-state index < -0.39 is 0 Å². The summed E-state index contributed by atoms with van der Waals surface area (Å²) in [5.74, 6) is 2.23. The topological polar surface area (TPSA) is 58.9 Å². The molecule has 348 valence electrons. The van der Waals surface area contributed by atoms with Crippen molar-refractivity contribution in [2.75, 3.05) is 14.2 Å². The van der Waals surface area contributed by atoms with Gasteiger partial charge in [-0.15, -0.1) is 0 Å². The Morgan fingerprint density at radius 3 is 0.825 bits per heavy atom. The Bertz CT molecular complexity index is 2190. The van der Waals surface area contributed by atoms with Gasteiger partial charge in [-0.3, -0.25) is 0 Å². The quantitative estimate of drug-likeness (QED) is 0.202. The Hall–Kier alpha value is -3.57. The molecule has 0 aliphatic rings. The number of phenolic OH excluding ortho intramolecular Hbond substituents is 2. The van der Waals surface area contributed by atoms with Crippen LogP contribution in [-0.4, -0.2) is 24.4 Å². The third-order valence-electron chi connectivity index (χ3n) is 12.3. The second-order valence-electron chi connectivity index (χ2n) is 26.4. The molecule has 4 aromatic carbocycles. The number of rotatable bonds is 6. The van der Waals surface area contributed by atoms with Crippen molar-refractivity contribution in [3.63, 3.8) is 0 Å². The molecule has 0 spiro atoms. The Kier molecular flexibility index (Phi) is 13.8. The van der Waals surface area contributed by atoms with Gasteiger partial charge in [-0.05, 0) is 101 Å². The van der Waals surface area contributed by atoms with Crippen molar-refractivity contribution < 1.29 is 19.7 Å². The van der Waals surface area contributed by atoms with Crippen molar-refractivity contribution in [2.45, 2.75) is 219 Å². The number of ether oxygens (including phenoxy) is 2. The Morgan fingerprint density at radius 2 is 0.619 bits per heavy atom. The summed E-state index contributed by atoms with van der Waals surface area (Å²) in [5.41, 5.74) is 10.1. The van der Waals surface area contributed by atoms with Crippen LogP contribution in [0.15, 0.2) is 46.2 Å². The molecule has 63 heavy (non-hydrogen) atoms. The standard InChI is InChI=1S/C58H86O4S/c1-51(2,3)33-27-35(47(59)39(29-33)55(13,14)15)43-37(53(7,8)9)31-41(49(61-25)45(43)57(19,20)21)63-42-32-38(54(10,11)12)44(46(50(42)62-26)58(22,23)24)36-28-34(52(4,5)6)30-40(48(36)60)56(16,17)18/h27-32,59-60H,1-26H3. The molecule has 0 unspecified atom stereocenters. The van der Waals surface area contributed by atoms with E-state index in [0.717, 1.165) is 76.9 Å². The molecule has 4 aromatic rings. The molecule has 0 bridgehead atoms. The molecular weight excluding hydrogens is 793 g/mol. The number of methoxy groups -OCH3 is 2. The first-order valence-corrected chi connectivity index (χ1v) is 23.9. The summed E-state index contributed by atoms with van der Waals surface area (Å²) >= 11 is 1.68. The zero-order chi connectivity index (χ0) is 48.8. The SMILES string of the molecule is COc1c(Sc2cc(C(C)(C)C)c(-c3cc(C(C)(C)C)cc(C(C)(C)C)c3O)c(C(C)(C)C)c2OC)cc(C(C)(C)C)c(-c2cc(C(C)(C)C)cc(C(C)(C)C)c2O)c1C(C)(C)C. The fourth-order valence-electron chi connectivity index (χ4n) is 8.79. The lowest BCUT2D eigenvalue weighted by Gasteiger charge is -2.36. The molecule has 4 rings (SSSR count). The van der Waals surface area contributed by atoms with E-state index in [0.29, 0.717) is 11.5 Å². The van der Waals surface area contributed by atoms with Crippen LogP contribution >= 0.6 is 11.8 Å². The fourth-order valence-corrected chi connectivity index (χ4v) is 9.94. The van der Waals surface area contributed by atoms with Crippen LogP contribution in [0.2, 0.25) is 0 Å². The summed E-state index contributed by atoms with van der Waals surface area (Å²) in [5, 5.41) is 25.0. The molecule has 0 atom stereocenters. The maximum atomic E-state index is 12.5. The average molecular weight is 879 g/mol. The molecular formula is C58H86O4S. The first kappa shape index (κ1) is 52.1. The van der Waals surface area contributed by atoms with Crippen molar-refractivity contribution in [1.29, 1.82) is 0 Å². The van der Waals surface area contributed by atoms with Crippen LogP contribution in [0.5, 0.6) is 23.0 Å². The summed E-state index contributed by atoms with van der Waals surface area (Å²) in [7, 11) is 3.56. The van der Waals surface area contributed by atoms with Crippen molar-refractivity contribution in [2.24, 2.45) is 0 Å². The highest BCUT2D eigenvalue weighted by Gasteiger charge is 2.39. The van der Waals surface area contributed by atoms with Crippen LogP contribution in [-0.2, 0) is 43.3 Å². The molecule has 0 aliphatic heterocycles. The predicted octanol–water partition coefficient (Wildman–Crippen LogP) is 17.0. The summed E-state index contributed by atoms with van der Waals surface area (Å²) in [6.45, 7) is 53.6. The van der Waals surface area contributed by atoms with Gasteiger partial charge in [0.15, 0.2) is 0 Å². The minimum atomic E-state index is -0.384. The average Bonchev–Trinajstić information content (AvgIpc) is 3.07. The summed E-state index contributed by atoms with van der Waals surface area (Å²) in [6, 6.07) is 13.5. The maximum absolute atomic E-state index is 12.5. The van der Waals surface area contributed by atoms with E-state index in [-0.39, 0.29) is 43.3 Å². The van der Waals surface area contributed by atoms with Gasteiger partial charge in [0.05, 0.1) is 24.0 Å². The van der Waals surface area contributed by atoms with Crippen molar-refractivity contribution in [1.82, 2.24) is 0 Å². The highest BCUT2D eigenvalue weighted by atomic mass is 32.2. The molecule has 0 saturated heterocycles. The monoisotopic (exact) mass is 879 g/mol. The normalized spacial score (nSPS) is 13.7. The van der Waals surface area contributed by atoms with Gasteiger partial charge in [0, 0.05) is 33.4 Å². The molecule has 0 aliphatic carbocycles. The zero-order valence-electron chi connectivity index (χ0n) is 44.6. The van der Waals surface area contributed by atoms with Gasteiger partial charge < -0.3 is 19.7 Å². The van der Waals surface area contributed by atoms with Crippen LogP contribution in [0.3, 0.4) is 0 Å². The molecule has 0 heterocycles. The van der Waals surface area contributed by atoms with Crippen LogP contribution < -0.4 is 9.47 Å². The van der Waals surface area contributed by atoms with Crippen molar-refractivity contribution >= 4 is 11.8 Å². The summed E-state index contributed by atoms with van der Waals surface area (Å²) in [6.07, 6.45) is 0. The molecule has 0 aromatic heterocycles. The second-order valence-corrected chi connectivity index (χ2v) is 27.4. The highest BCUT2D eigenvalue weighted by molar-refractivity contribution is 7.99. The van der Waals surface area contributed by atoms with Crippen molar-refractivity contribution in [3.8, 4) is 45.3 Å². The molecule has 0 saturated carbocycles. The van der Waals surface area contributed by atoms with Crippen LogP contribution in [0, 0.1) is 0 Å². The molecule has 5 heteroatoms. The summed E-state index contributed by atoms with van der Waals surface area (Å²) < 4.78 is 13.3. The zero-order valence-corrected chi connectivity index (χ0v) is 45.4. The van der Waals surface area contributed by atoms with Crippen LogP contribution in [0.1, 0.15) is 211 Å². The number of hydrogen-bond acceptors (Lipinski definition) is 5. The largest absolute Gasteiger partial charge is 0.507 e. The molecule has 0 fully saturated rings. The third kappa shape index (κ3) is 10.6. The molecule has 2 N–H and O–H groups in total. The van der Waals surface area contributed by atoms with E-state index in [1.807, 2.05) is 0 Å². The van der Waals surface area contributed by atoms with Crippen LogP contribution in [0.25, 0.3) is 22.3 Å². The van der Waals surface area contributed by atoms with Gasteiger partial charge >= 0.3 is 0 Å². The smallest absolute Gasteiger partial charge is 0.137 e. The number of benzene rings is 4. The van der Waals surface area contributed by atoms with E-state index in [1.165, 1.54) is 11.1 Å². The fraction of sp³-hybridized carbons (Fsp3) is 0.586. The molecule has 4 nitrogen and oxygen atoms in total. The number of aromatic hydroxyl groups is 2. The van der Waals surface area contributed by atoms with Gasteiger partial charge in [0.25, 0.3) is 0 Å². The Balaban J connectivity index is 2.32.